The van der Waals surface area contributed by atoms with Gasteiger partial charge in [0.25, 0.3) is 11.8 Å². The predicted octanol–water partition coefficient (Wildman–Crippen LogP) is 4.15. The predicted molar refractivity (Wildman–Crippen MR) is 112 cm³/mol. The van der Waals surface area contributed by atoms with Gasteiger partial charge >= 0.3 is 0 Å². The summed E-state index contributed by atoms with van der Waals surface area (Å²) >= 11 is 0. The Labute approximate surface area is 169 Å². The minimum absolute atomic E-state index is 0.0275. The molecule has 0 atom stereocenters. The normalized spacial score (nSPS) is 12.8. The van der Waals surface area contributed by atoms with Gasteiger partial charge in [-0.2, -0.15) is 0 Å². The third-order valence-electron chi connectivity index (χ3n) is 5.14. The second-order valence-corrected chi connectivity index (χ2v) is 6.98. The maximum atomic E-state index is 12.8. The highest BCUT2D eigenvalue weighted by molar-refractivity contribution is 6.06. The molecule has 0 spiro atoms. The van der Waals surface area contributed by atoms with Gasteiger partial charge in [0.1, 0.15) is 5.75 Å². The molecule has 1 heterocycles. The summed E-state index contributed by atoms with van der Waals surface area (Å²) in [5, 5.41) is 2.94. The molecule has 0 fully saturated rings. The number of carbonyl (C=O) groups excluding carboxylic acids is 2. The van der Waals surface area contributed by atoms with Crippen molar-refractivity contribution in [1.82, 2.24) is 4.90 Å². The molecule has 2 amide bonds. The highest BCUT2D eigenvalue weighted by atomic mass is 16.5. The lowest BCUT2D eigenvalue weighted by molar-refractivity contribution is 0.0734. The molecule has 5 nitrogen and oxygen atoms in total. The number of benzene rings is 3. The van der Waals surface area contributed by atoms with Crippen molar-refractivity contribution in [3.05, 3.63) is 95.1 Å². The number of ether oxygens (including phenoxy) is 1. The molecular formula is C24H22N2O3. The van der Waals surface area contributed by atoms with E-state index in [1.807, 2.05) is 59.5 Å². The average Bonchev–Trinajstić information content (AvgIpc) is 2.78. The van der Waals surface area contributed by atoms with Crippen LogP contribution in [0, 0.1) is 0 Å². The monoisotopic (exact) mass is 386 g/mol. The number of amides is 2. The summed E-state index contributed by atoms with van der Waals surface area (Å²) in [6, 6.07) is 22.3. The van der Waals surface area contributed by atoms with Crippen molar-refractivity contribution in [3.8, 4) is 5.75 Å². The van der Waals surface area contributed by atoms with E-state index in [2.05, 4.69) is 5.32 Å². The summed E-state index contributed by atoms with van der Waals surface area (Å²) in [7, 11) is 1.54. The first kappa shape index (κ1) is 18.7. The molecule has 0 saturated heterocycles. The number of fused-ring (bicyclic) bond motifs is 1. The molecule has 4 rings (SSSR count). The zero-order valence-corrected chi connectivity index (χ0v) is 16.2. The minimum atomic E-state index is -0.226. The molecule has 1 aliphatic heterocycles. The molecule has 1 N–H and O–H groups in total. The maximum absolute atomic E-state index is 12.8. The summed E-state index contributed by atoms with van der Waals surface area (Å²) in [5.74, 6) is 0.331. The summed E-state index contributed by atoms with van der Waals surface area (Å²) in [6.45, 7) is 1.22. The smallest absolute Gasteiger partial charge is 0.259 e. The molecule has 3 aromatic carbocycles. The summed E-state index contributed by atoms with van der Waals surface area (Å²) in [5.41, 5.74) is 4.13. The molecule has 5 heteroatoms. The minimum Gasteiger partial charge on any atom is -0.496 e. The number of hydrogen-bond donors (Lipinski definition) is 1. The van der Waals surface area contributed by atoms with Crippen molar-refractivity contribution in [2.75, 3.05) is 19.0 Å². The second kappa shape index (κ2) is 8.19. The van der Waals surface area contributed by atoms with Crippen LogP contribution in [0.25, 0.3) is 0 Å². The van der Waals surface area contributed by atoms with Gasteiger partial charge in [0.15, 0.2) is 0 Å². The standard InChI is InChI=1S/C24H22N2O3/c1-29-22-10-6-5-9-21(22)23(27)25-20-12-11-17-13-14-26(16-19(17)15-20)24(28)18-7-3-2-4-8-18/h2-12,15H,13-14,16H2,1H3,(H,25,27). The van der Waals surface area contributed by atoms with Crippen LogP contribution in [0.3, 0.4) is 0 Å². The number of rotatable bonds is 4. The van der Waals surface area contributed by atoms with Gasteiger partial charge in [-0.15, -0.1) is 0 Å². The van der Waals surface area contributed by atoms with E-state index in [-0.39, 0.29) is 11.8 Å². The molecule has 0 bridgehead atoms. The number of methoxy groups -OCH3 is 1. The molecule has 0 radical (unpaired) electrons. The molecule has 0 aliphatic carbocycles. The van der Waals surface area contributed by atoms with E-state index in [0.29, 0.717) is 35.7 Å². The third kappa shape index (κ3) is 3.99. The fraction of sp³-hybridized carbons (Fsp3) is 0.167. The van der Waals surface area contributed by atoms with E-state index in [1.54, 1.807) is 25.3 Å². The van der Waals surface area contributed by atoms with Crippen LogP contribution in [-0.4, -0.2) is 30.4 Å². The largest absolute Gasteiger partial charge is 0.496 e. The zero-order valence-electron chi connectivity index (χ0n) is 16.2. The van der Waals surface area contributed by atoms with E-state index in [9.17, 15) is 9.59 Å². The fourth-order valence-corrected chi connectivity index (χ4v) is 3.60. The molecule has 0 aromatic heterocycles. The van der Waals surface area contributed by atoms with Gasteiger partial charge in [0.05, 0.1) is 12.7 Å². The van der Waals surface area contributed by atoms with E-state index in [1.165, 1.54) is 5.56 Å². The summed E-state index contributed by atoms with van der Waals surface area (Å²) in [4.78, 5) is 27.3. The van der Waals surface area contributed by atoms with Crippen LogP contribution in [0.2, 0.25) is 0 Å². The van der Waals surface area contributed by atoms with Gasteiger partial charge in [0, 0.05) is 24.3 Å². The highest BCUT2D eigenvalue weighted by Gasteiger charge is 2.22. The first-order chi connectivity index (χ1) is 14.2. The first-order valence-corrected chi connectivity index (χ1v) is 9.56. The van der Waals surface area contributed by atoms with Crippen molar-refractivity contribution < 1.29 is 14.3 Å². The lowest BCUT2D eigenvalue weighted by Crippen LogP contribution is -2.36. The second-order valence-electron chi connectivity index (χ2n) is 6.98. The van der Waals surface area contributed by atoms with Crippen LogP contribution in [0.5, 0.6) is 5.75 Å². The fourth-order valence-electron chi connectivity index (χ4n) is 3.60. The SMILES string of the molecule is COc1ccccc1C(=O)Nc1ccc2c(c1)CN(C(=O)c1ccccc1)CC2. The Balaban J connectivity index is 1.52. The number of nitrogens with zero attached hydrogens (tertiary/aromatic N) is 1. The molecular weight excluding hydrogens is 364 g/mol. The lowest BCUT2D eigenvalue weighted by atomic mass is 9.98. The Kier molecular flexibility index (Phi) is 5.29. The van der Waals surface area contributed by atoms with Crippen molar-refractivity contribution in [2.45, 2.75) is 13.0 Å². The Morgan fingerprint density at radius 1 is 0.931 bits per heavy atom. The lowest BCUT2D eigenvalue weighted by Gasteiger charge is -2.29. The molecule has 0 saturated carbocycles. The average molecular weight is 386 g/mol. The Bertz CT molecular complexity index is 1050. The molecule has 1 aliphatic rings. The maximum Gasteiger partial charge on any atom is 0.259 e. The van der Waals surface area contributed by atoms with Gasteiger partial charge < -0.3 is 15.0 Å². The number of para-hydroxylation sites is 1. The Morgan fingerprint density at radius 2 is 1.69 bits per heavy atom. The van der Waals surface area contributed by atoms with Gasteiger partial charge in [-0.3, -0.25) is 9.59 Å². The summed E-state index contributed by atoms with van der Waals surface area (Å²) < 4.78 is 5.27. The number of anilines is 1. The molecule has 3 aromatic rings. The summed E-state index contributed by atoms with van der Waals surface area (Å²) in [6.07, 6.45) is 0.800. The number of nitrogens with one attached hydrogen (secondary N) is 1. The van der Waals surface area contributed by atoms with Gasteiger partial charge in [-0.05, 0) is 53.9 Å². The van der Waals surface area contributed by atoms with Crippen LogP contribution >= 0.6 is 0 Å². The van der Waals surface area contributed by atoms with Gasteiger partial charge in [-0.25, -0.2) is 0 Å². The van der Waals surface area contributed by atoms with Crippen LogP contribution in [0.1, 0.15) is 31.8 Å². The first-order valence-electron chi connectivity index (χ1n) is 9.56. The molecule has 29 heavy (non-hydrogen) atoms. The molecule has 146 valence electrons. The van der Waals surface area contributed by atoms with E-state index >= 15 is 0 Å². The zero-order chi connectivity index (χ0) is 20.2. The Morgan fingerprint density at radius 3 is 2.48 bits per heavy atom. The van der Waals surface area contributed by atoms with Crippen LogP contribution < -0.4 is 10.1 Å². The van der Waals surface area contributed by atoms with Crippen LogP contribution in [-0.2, 0) is 13.0 Å². The van der Waals surface area contributed by atoms with Crippen LogP contribution in [0.15, 0.2) is 72.8 Å². The van der Waals surface area contributed by atoms with Gasteiger partial charge in [0.2, 0.25) is 0 Å². The van der Waals surface area contributed by atoms with E-state index in [0.717, 1.165) is 12.0 Å². The highest BCUT2D eigenvalue weighted by Crippen LogP contribution is 2.25. The third-order valence-corrected chi connectivity index (χ3v) is 5.14. The topological polar surface area (TPSA) is 58.6 Å². The number of carbonyl (C=O) groups is 2. The quantitative estimate of drug-likeness (QED) is 0.733. The van der Waals surface area contributed by atoms with Crippen molar-refractivity contribution in [2.24, 2.45) is 0 Å². The molecule has 0 unspecified atom stereocenters. The van der Waals surface area contributed by atoms with Crippen molar-refractivity contribution >= 4 is 17.5 Å². The van der Waals surface area contributed by atoms with Crippen LogP contribution in [0.4, 0.5) is 5.69 Å². The van der Waals surface area contributed by atoms with E-state index in [4.69, 9.17) is 4.74 Å². The van der Waals surface area contributed by atoms with Gasteiger partial charge in [-0.1, -0.05) is 36.4 Å². The van der Waals surface area contributed by atoms with Crippen molar-refractivity contribution in [3.63, 3.8) is 0 Å². The van der Waals surface area contributed by atoms with Crippen molar-refractivity contribution in [1.29, 1.82) is 0 Å². The number of hydrogen-bond acceptors (Lipinski definition) is 3. The van der Waals surface area contributed by atoms with E-state index < -0.39 is 0 Å². The Hall–Kier alpha value is -3.60.